The van der Waals surface area contributed by atoms with Crippen LogP contribution < -0.4 is 5.32 Å². The summed E-state index contributed by atoms with van der Waals surface area (Å²) in [5.74, 6) is -1.30. The van der Waals surface area contributed by atoms with Gasteiger partial charge >= 0.3 is 5.97 Å². The second-order valence-corrected chi connectivity index (χ2v) is 5.37. The summed E-state index contributed by atoms with van der Waals surface area (Å²) in [5.41, 5.74) is 1.12. The number of carbonyl (C=O) groups excluding carboxylic acids is 3. The van der Waals surface area contributed by atoms with Gasteiger partial charge in [-0.1, -0.05) is 11.6 Å². The van der Waals surface area contributed by atoms with Gasteiger partial charge in [-0.2, -0.15) is 0 Å². The van der Waals surface area contributed by atoms with E-state index in [-0.39, 0.29) is 16.5 Å². The van der Waals surface area contributed by atoms with Gasteiger partial charge in [0.25, 0.3) is 5.91 Å². The van der Waals surface area contributed by atoms with Crippen LogP contribution in [0, 0.1) is 0 Å². The molecule has 0 spiro atoms. The molecule has 0 bridgehead atoms. The zero-order valence-corrected chi connectivity index (χ0v) is 13.8. The first-order valence-electron chi connectivity index (χ1n) is 7.12. The Hall–Kier alpha value is -2.73. The van der Waals surface area contributed by atoms with Crippen molar-refractivity contribution in [2.45, 2.75) is 20.0 Å². The number of anilines is 1. The van der Waals surface area contributed by atoms with E-state index in [2.05, 4.69) is 10.3 Å². The number of nitrogens with zero attached hydrogens (tertiary/aromatic N) is 1. The Morgan fingerprint density at radius 3 is 2.42 bits per heavy atom. The monoisotopic (exact) mass is 346 g/mol. The number of rotatable bonds is 5. The van der Waals surface area contributed by atoms with Gasteiger partial charge < -0.3 is 10.1 Å². The van der Waals surface area contributed by atoms with E-state index in [4.69, 9.17) is 16.3 Å². The lowest BCUT2D eigenvalue weighted by Crippen LogP contribution is -2.30. The van der Waals surface area contributed by atoms with E-state index < -0.39 is 18.0 Å². The Morgan fingerprint density at radius 2 is 1.83 bits per heavy atom. The molecule has 7 heteroatoms. The summed E-state index contributed by atoms with van der Waals surface area (Å²) in [4.78, 5) is 39.1. The molecule has 1 N–H and O–H groups in total. The average Bonchev–Trinajstić information content (AvgIpc) is 2.55. The van der Waals surface area contributed by atoms with Crippen LogP contribution in [-0.2, 0) is 9.53 Å². The number of amides is 1. The maximum Gasteiger partial charge on any atom is 0.342 e. The second kappa shape index (κ2) is 7.70. The van der Waals surface area contributed by atoms with Crippen molar-refractivity contribution in [2.24, 2.45) is 0 Å². The topological polar surface area (TPSA) is 85.4 Å². The van der Waals surface area contributed by atoms with Crippen molar-refractivity contribution in [1.82, 2.24) is 4.98 Å². The first-order valence-corrected chi connectivity index (χ1v) is 7.49. The number of ether oxygens (including phenoxy) is 1. The van der Waals surface area contributed by atoms with Gasteiger partial charge in [0.1, 0.15) is 5.15 Å². The van der Waals surface area contributed by atoms with E-state index in [1.165, 1.54) is 26.1 Å². The summed E-state index contributed by atoms with van der Waals surface area (Å²) in [7, 11) is 0. The van der Waals surface area contributed by atoms with E-state index >= 15 is 0 Å². The minimum Gasteiger partial charge on any atom is -0.449 e. The number of esters is 1. The van der Waals surface area contributed by atoms with Gasteiger partial charge in [0.15, 0.2) is 11.9 Å². The number of ketones is 1. The van der Waals surface area contributed by atoms with E-state index in [1.54, 1.807) is 30.3 Å². The van der Waals surface area contributed by atoms with E-state index in [9.17, 15) is 14.4 Å². The third-order valence-corrected chi connectivity index (χ3v) is 3.49. The van der Waals surface area contributed by atoms with Crippen LogP contribution in [0.15, 0.2) is 42.6 Å². The number of pyridine rings is 1. The summed E-state index contributed by atoms with van der Waals surface area (Å²) in [6, 6.07) is 9.41. The number of hydrogen-bond acceptors (Lipinski definition) is 5. The lowest BCUT2D eigenvalue weighted by atomic mass is 10.1. The van der Waals surface area contributed by atoms with E-state index in [1.807, 2.05) is 0 Å². The smallest absolute Gasteiger partial charge is 0.342 e. The van der Waals surface area contributed by atoms with Crippen molar-refractivity contribution in [3.8, 4) is 0 Å². The van der Waals surface area contributed by atoms with Crippen LogP contribution in [0.1, 0.15) is 34.6 Å². The molecule has 0 unspecified atom stereocenters. The summed E-state index contributed by atoms with van der Waals surface area (Å²) in [6.45, 7) is 2.90. The molecule has 0 saturated carbocycles. The highest BCUT2D eigenvalue weighted by molar-refractivity contribution is 6.32. The Kier molecular flexibility index (Phi) is 5.65. The molecule has 0 saturated heterocycles. The molecule has 6 nitrogen and oxygen atoms in total. The predicted molar refractivity (Wildman–Crippen MR) is 89.2 cm³/mol. The highest BCUT2D eigenvalue weighted by atomic mass is 35.5. The molecule has 1 aromatic carbocycles. The van der Waals surface area contributed by atoms with Gasteiger partial charge in [-0.3, -0.25) is 9.59 Å². The fraction of sp³-hybridized carbons (Fsp3) is 0.176. The Morgan fingerprint density at radius 1 is 1.17 bits per heavy atom. The number of nitrogens with one attached hydrogen (secondary N) is 1. The van der Waals surface area contributed by atoms with Crippen LogP contribution in [0.4, 0.5) is 5.69 Å². The first-order chi connectivity index (χ1) is 11.4. The molecule has 1 atom stereocenters. The molecule has 1 aromatic heterocycles. The molecule has 0 radical (unpaired) electrons. The normalized spacial score (nSPS) is 11.5. The van der Waals surface area contributed by atoms with Gasteiger partial charge in [0, 0.05) is 17.4 Å². The largest absolute Gasteiger partial charge is 0.449 e. The van der Waals surface area contributed by atoms with Crippen molar-refractivity contribution in [3.05, 3.63) is 58.9 Å². The molecule has 24 heavy (non-hydrogen) atoms. The number of halogens is 1. The van der Waals surface area contributed by atoms with Gasteiger partial charge in [0.05, 0.1) is 5.56 Å². The van der Waals surface area contributed by atoms with Crippen molar-refractivity contribution in [1.29, 1.82) is 0 Å². The third kappa shape index (κ3) is 4.39. The molecule has 2 rings (SSSR count). The van der Waals surface area contributed by atoms with Crippen molar-refractivity contribution >= 4 is 34.9 Å². The van der Waals surface area contributed by atoms with Crippen molar-refractivity contribution < 1.29 is 19.1 Å². The molecule has 124 valence electrons. The second-order valence-electron chi connectivity index (χ2n) is 5.01. The fourth-order valence-corrected chi connectivity index (χ4v) is 2.04. The molecule has 2 aromatic rings. The van der Waals surface area contributed by atoms with Crippen LogP contribution in [0.2, 0.25) is 5.15 Å². The number of aromatic nitrogens is 1. The highest BCUT2D eigenvalue weighted by Gasteiger charge is 2.21. The average molecular weight is 347 g/mol. The van der Waals surface area contributed by atoms with Crippen LogP contribution in [0.3, 0.4) is 0 Å². The highest BCUT2D eigenvalue weighted by Crippen LogP contribution is 2.15. The molecule has 1 heterocycles. The summed E-state index contributed by atoms with van der Waals surface area (Å²) < 4.78 is 5.08. The molecule has 0 aliphatic carbocycles. The molecule has 0 aliphatic rings. The number of Topliss-reactive ketones (excluding diaryl/α,β-unsaturated/α-hetero) is 1. The fourth-order valence-electron chi connectivity index (χ4n) is 1.85. The lowest BCUT2D eigenvalue weighted by Gasteiger charge is -2.14. The van der Waals surface area contributed by atoms with Gasteiger partial charge in [-0.15, -0.1) is 0 Å². The van der Waals surface area contributed by atoms with Crippen LogP contribution in [0.25, 0.3) is 0 Å². The number of benzene rings is 1. The SMILES string of the molecule is CC(=O)c1ccc(NC(=O)[C@@H](C)OC(=O)c2cccnc2Cl)cc1. The Balaban J connectivity index is 1.98. The van der Waals surface area contributed by atoms with E-state index in [0.717, 1.165) is 0 Å². The lowest BCUT2D eigenvalue weighted by molar-refractivity contribution is -0.123. The zero-order valence-electron chi connectivity index (χ0n) is 13.1. The minimum atomic E-state index is -1.03. The predicted octanol–water partition coefficient (Wildman–Crippen LogP) is 3.12. The Labute approximate surface area is 143 Å². The molecule has 1 amide bonds. The number of hydrogen-bond donors (Lipinski definition) is 1. The van der Waals surface area contributed by atoms with Gasteiger partial charge in [0.2, 0.25) is 0 Å². The van der Waals surface area contributed by atoms with Crippen molar-refractivity contribution in [2.75, 3.05) is 5.32 Å². The standard InChI is InChI=1S/C17H15ClN2O4/c1-10(21)12-5-7-13(8-6-12)20-16(22)11(2)24-17(23)14-4-3-9-19-15(14)18/h3-9,11H,1-2H3,(H,20,22)/t11-/m1/s1. The maximum atomic E-state index is 12.1. The summed E-state index contributed by atoms with van der Waals surface area (Å²) in [5, 5.41) is 2.61. The summed E-state index contributed by atoms with van der Waals surface area (Å²) in [6.07, 6.45) is 0.418. The van der Waals surface area contributed by atoms with E-state index in [0.29, 0.717) is 11.3 Å². The first kappa shape index (κ1) is 17.6. The Bertz CT molecular complexity index is 774. The van der Waals surface area contributed by atoms with Gasteiger partial charge in [-0.25, -0.2) is 9.78 Å². The zero-order chi connectivity index (χ0) is 17.7. The maximum absolute atomic E-state index is 12.1. The molecular formula is C17H15ClN2O4. The van der Waals surface area contributed by atoms with Crippen LogP contribution in [-0.4, -0.2) is 28.7 Å². The quantitative estimate of drug-likeness (QED) is 0.510. The van der Waals surface area contributed by atoms with Crippen molar-refractivity contribution in [3.63, 3.8) is 0 Å². The molecule has 0 fully saturated rings. The molecular weight excluding hydrogens is 332 g/mol. The third-order valence-electron chi connectivity index (χ3n) is 3.19. The number of carbonyl (C=O) groups is 3. The summed E-state index contributed by atoms with van der Waals surface area (Å²) >= 11 is 5.81. The van der Waals surface area contributed by atoms with Crippen LogP contribution in [0.5, 0.6) is 0 Å². The molecule has 0 aliphatic heterocycles. The minimum absolute atomic E-state index is 0.00919. The van der Waals surface area contributed by atoms with Gasteiger partial charge in [-0.05, 0) is 50.2 Å². The van der Waals surface area contributed by atoms with Crippen LogP contribution >= 0.6 is 11.6 Å².